The highest BCUT2D eigenvalue weighted by Gasteiger charge is 2.62. The number of carbonyl (C=O) groups excluding carboxylic acids is 2. The van der Waals surface area contributed by atoms with E-state index in [0.717, 1.165) is 18.8 Å². The molecule has 2 nitrogen and oxygen atoms in total. The first-order chi connectivity index (χ1) is 14.6. The number of Topliss-reactive ketones (excluding diaryl/α,β-unsaturated/α-hetero) is 2. The van der Waals surface area contributed by atoms with Gasteiger partial charge in [0.25, 0.3) is 0 Å². The molecule has 174 valence electrons. The van der Waals surface area contributed by atoms with Crippen molar-refractivity contribution in [2.75, 3.05) is 0 Å². The molecule has 0 aromatic carbocycles. The number of fused-ring (bicyclic) bond motifs is 5. The Labute approximate surface area is 191 Å². The van der Waals surface area contributed by atoms with Crippen LogP contribution in [0.15, 0.2) is 12.2 Å². The Morgan fingerprint density at radius 2 is 1.65 bits per heavy atom. The van der Waals surface area contributed by atoms with Crippen LogP contribution in [0.3, 0.4) is 0 Å². The van der Waals surface area contributed by atoms with Crippen LogP contribution in [-0.4, -0.2) is 11.6 Å². The number of carbonyl (C=O) groups is 2. The molecule has 0 amide bonds. The lowest BCUT2D eigenvalue weighted by molar-refractivity contribution is -0.158. The highest BCUT2D eigenvalue weighted by Crippen LogP contribution is 2.67. The van der Waals surface area contributed by atoms with Gasteiger partial charge in [-0.1, -0.05) is 53.7 Å². The highest BCUT2D eigenvalue weighted by atomic mass is 16.1. The van der Waals surface area contributed by atoms with Gasteiger partial charge in [-0.3, -0.25) is 9.59 Å². The van der Waals surface area contributed by atoms with Gasteiger partial charge in [0.05, 0.1) is 0 Å². The molecule has 0 aromatic heterocycles. The van der Waals surface area contributed by atoms with Crippen molar-refractivity contribution in [3.8, 4) is 0 Å². The first-order valence-electron chi connectivity index (χ1n) is 13.3. The molecule has 0 bridgehead atoms. The average Bonchev–Trinajstić information content (AvgIpc) is 3.07. The van der Waals surface area contributed by atoms with Gasteiger partial charge in [-0.15, -0.1) is 0 Å². The van der Waals surface area contributed by atoms with Crippen LogP contribution in [0.25, 0.3) is 0 Å². The summed E-state index contributed by atoms with van der Waals surface area (Å²) in [6.45, 7) is 14.4. The van der Waals surface area contributed by atoms with Gasteiger partial charge in [0.1, 0.15) is 11.6 Å². The second kappa shape index (κ2) is 8.45. The van der Waals surface area contributed by atoms with Gasteiger partial charge < -0.3 is 0 Å². The highest BCUT2D eigenvalue weighted by molar-refractivity contribution is 5.90. The molecule has 2 heteroatoms. The number of rotatable bonds is 5. The van der Waals surface area contributed by atoms with Gasteiger partial charge in [-0.05, 0) is 90.8 Å². The third-order valence-corrected chi connectivity index (χ3v) is 11.0. The second-order valence-electron chi connectivity index (χ2n) is 12.6. The summed E-state index contributed by atoms with van der Waals surface area (Å²) in [7, 11) is 0. The SMILES string of the molecule is CCC(C=CC(C)C1CCC2C3CC(=O)C4CC(=O)CCC4(C)C3CCC12C)C(C)C. The Morgan fingerprint density at radius 1 is 0.935 bits per heavy atom. The summed E-state index contributed by atoms with van der Waals surface area (Å²) in [5.41, 5.74) is 0.447. The zero-order valence-electron chi connectivity index (χ0n) is 21.0. The Morgan fingerprint density at radius 3 is 2.32 bits per heavy atom. The van der Waals surface area contributed by atoms with Crippen LogP contribution in [0.2, 0.25) is 0 Å². The van der Waals surface area contributed by atoms with Crippen LogP contribution in [0.5, 0.6) is 0 Å². The van der Waals surface area contributed by atoms with Crippen molar-refractivity contribution in [3.63, 3.8) is 0 Å². The first kappa shape index (κ1) is 23.2. The molecule has 0 heterocycles. The molecule has 0 aromatic rings. The maximum Gasteiger partial charge on any atom is 0.137 e. The zero-order chi connectivity index (χ0) is 22.6. The molecule has 31 heavy (non-hydrogen) atoms. The molecule has 4 aliphatic rings. The monoisotopic (exact) mass is 426 g/mol. The lowest BCUT2D eigenvalue weighted by Crippen LogP contribution is -2.56. The van der Waals surface area contributed by atoms with Gasteiger partial charge in [0, 0.05) is 25.2 Å². The lowest BCUT2D eigenvalue weighted by atomic mass is 9.44. The van der Waals surface area contributed by atoms with E-state index in [-0.39, 0.29) is 11.3 Å². The molecule has 0 N–H and O–H groups in total. The van der Waals surface area contributed by atoms with Gasteiger partial charge in [0.2, 0.25) is 0 Å². The smallest absolute Gasteiger partial charge is 0.137 e. The molecule has 4 fully saturated rings. The maximum atomic E-state index is 13.3. The number of hydrogen-bond donors (Lipinski definition) is 0. The van der Waals surface area contributed by atoms with Crippen LogP contribution in [0.1, 0.15) is 99.3 Å². The molecular formula is C29H46O2. The minimum absolute atomic E-state index is 0.0143. The summed E-state index contributed by atoms with van der Waals surface area (Å²) < 4.78 is 0. The van der Waals surface area contributed by atoms with E-state index in [2.05, 4.69) is 53.7 Å². The van der Waals surface area contributed by atoms with E-state index in [0.29, 0.717) is 65.3 Å². The maximum absolute atomic E-state index is 13.3. The summed E-state index contributed by atoms with van der Waals surface area (Å²) in [5, 5.41) is 0. The van der Waals surface area contributed by atoms with Gasteiger partial charge in [-0.2, -0.15) is 0 Å². The van der Waals surface area contributed by atoms with Crippen LogP contribution >= 0.6 is 0 Å². The quantitative estimate of drug-likeness (QED) is 0.433. The summed E-state index contributed by atoms with van der Waals surface area (Å²) in [6, 6.07) is 0. The molecule has 0 radical (unpaired) electrons. The molecule has 4 saturated carbocycles. The largest absolute Gasteiger partial charge is 0.300 e. The molecule has 0 saturated heterocycles. The van der Waals surface area contributed by atoms with E-state index in [1.54, 1.807) is 0 Å². The van der Waals surface area contributed by atoms with E-state index in [1.165, 1.54) is 32.1 Å². The second-order valence-corrected chi connectivity index (χ2v) is 12.6. The molecule has 0 spiro atoms. The molecular weight excluding hydrogens is 380 g/mol. The Balaban J connectivity index is 1.54. The van der Waals surface area contributed by atoms with Crippen molar-refractivity contribution in [3.05, 3.63) is 12.2 Å². The van der Waals surface area contributed by atoms with Crippen LogP contribution in [0, 0.1) is 58.2 Å². The third-order valence-electron chi connectivity index (χ3n) is 11.0. The van der Waals surface area contributed by atoms with E-state index in [1.807, 2.05) is 0 Å². The van der Waals surface area contributed by atoms with E-state index in [9.17, 15) is 9.59 Å². The fourth-order valence-corrected chi connectivity index (χ4v) is 9.02. The van der Waals surface area contributed by atoms with E-state index < -0.39 is 0 Å². The van der Waals surface area contributed by atoms with Crippen molar-refractivity contribution in [1.29, 1.82) is 0 Å². The van der Waals surface area contributed by atoms with Crippen molar-refractivity contribution in [2.45, 2.75) is 99.3 Å². The Hall–Kier alpha value is -0.920. The molecule has 4 rings (SSSR count). The zero-order valence-corrected chi connectivity index (χ0v) is 21.0. The lowest BCUT2D eigenvalue weighted by Gasteiger charge is -2.59. The first-order valence-corrected chi connectivity index (χ1v) is 13.3. The van der Waals surface area contributed by atoms with Crippen LogP contribution in [-0.2, 0) is 9.59 Å². The fourth-order valence-electron chi connectivity index (χ4n) is 9.02. The van der Waals surface area contributed by atoms with E-state index >= 15 is 0 Å². The topological polar surface area (TPSA) is 34.1 Å². The predicted octanol–water partition coefficient (Wildman–Crippen LogP) is 7.27. The molecule has 9 unspecified atom stereocenters. The van der Waals surface area contributed by atoms with Gasteiger partial charge in [-0.25, -0.2) is 0 Å². The fraction of sp³-hybridized carbons (Fsp3) is 0.862. The average molecular weight is 427 g/mol. The van der Waals surface area contributed by atoms with Gasteiger partial charge in [0.15, 0.2) is 0 Å². The van der Waals surface area contributed by atoms with Crippen molar-refractivity contribution < 1.29 is 9.59 Å². The summed E-state index contributed by atoms with van der Waals surface area (Å²) >= 11 is 0. The van der Waals surface area contributed by atoms with Crippen molar-refractivity contribution >= 4 is 11.6 Å². The normalized spacial score (nSPS) is 44.8. The van der Waals surface area contributed by atoms with Crippen molar-refractivity contribution in [1.82, 2.24) is 0 Å². The van der Waals surface area contributed by atoms with Crippen LogP contribution in [0.4, 0.5) is 0 Å². The Bertz CT molecular complexity index is 735. The summed E-state index contributed by atoms with van der Waals surface area (Å²) in [5.74, 6) is 5.41. The predicted molar refractivity (Wildman–Crippen MR) is 128 cm³/mol. The van der Waals surface area contributed by atoms with E-state index in [4.69, 9.17) is 0 Å². The van der Waals surface area contributed by atoms with Crippen molar-refractivity contribution in [2.24, 2.45) is 58.2 Å². The molecule has 0 aliphatic heterocycles. The minimum Gasteiger partial charge on any atom is -0.300 e. The number of hydrogen-bond acceptors (Lipinski definition) is 2. The third kappa shape index (κ3) is 3.78. The summed E-state index contributed by atoms with van der Waals surface area (Å²) in [4.78, 5) is 25.4. The minimum atomic E-state index is 0.0143. The Kier molecular flexibility index (Phi) is 6.34. The van der Waals surface area contributed by atoms with Crippen LogP contribution < -0.4 is 0 Å². The molecule has 4 aliphatic carbocycles. The number of allylic oxidation sites excluding steroid dienone is 2. The molecule has 9 atom stereocenters. The van der Waals surface area contributed by atoms with Gasteiger partial charge >= 0.3 is 0 Å². The summed E-state index contributed by atoms with van der Waals surface area (Å²) in [6.07, 6.45) is 14.4. The number of ketones is 2. The standard InChI is InChI=1S/C29H46O2/c1-7-20(18(2)3)9-8-19(4)23-10-11-24-22-17-27(31)26-16-21(30)12-14-29(26,6)25(22)13-15-28(23,24)5/h8-9,18-20,22-26H,7,10-17H2,1-6H3.